The molecule has 0 saturated heterocycles. The molecule has 5 nitrogen and oxygen atoms in total. The number of aromatic nitrogens is 4. The van der Waals surface area contributed by atoms with Crippen LogP contribution in [0.3, 0.4) is 0 Å². The summed E-state index contributed by atoms with van der Waals surface area (Å²) in [7, 11) is 1.93. The lowest BCUT2D eigenvalue weighted by atomic mass is 10.1. The molecule has 0 fully saturated rings. The van der Waals surface area contributed by atoms with Crippen LogP contribution in [0.4, 0.5) is 5.13 Å². The SMILES string of the molecule is Cc1cccnc1CC(C)Nc1nc2c(s1)c(C)nn2C. The minimum Gasteiger partial charge on any atom is -0.359 e. The molecule has 6 heteroatoms. The Balaban J connectivity index is 1.75. The molecule has 1 unspecified atom stereocenters. The third-order valence-corrected chi connectivity index (χ3v) is 4.62. The maximum atomic E-state index is 4.62. The minimum absolute atomic E-state index is 0.285. The van der Waals surface area contributed by atoms with Gasteiger partial charge in [-0.3, -0.25) is 4.98 Å². The van der Waals surface area contributed by atoms with Gasteiger partial charge in [0, 0.05) is 31.4 Å². The lowest BCUT2D eigenvalue weighted by Crippen LogP contribution is -2.19. The second-order valence-electron chi connectivity index (χ2n) is 5.40. The first-order valence-corrected chi connectivity index (χ1v) is 7.83. The number of anilines is 1. The van der Waals surface area contributed by atoms with Crippen LogP contribution in [0.5, 0.6) is 0 Å². The zero-order valence-electron chi connectivity index (χ0n) is 12.7. The van der Waals surface area contributed by atoms with E-state index >= 15 is 0 Å². The van der Waals surface area contributed by atoms with E-state index in [1.54, 1.807) is 11.3 Å². The topological polar surface area (TPSA) is 55.6 Å². The second kappa shape index (κ2) is 5.44. The molecule has 1 N–H and O–H groups in total. The number of rotatable bonds is 4. The predicted molar refractivity (Wildman–Crippen MR) is 86.9 cm³/mol. The van der Waals surface area contributed by atoms with Gasteiger partial charge in [0.15, 0.2) is 10.8 Å². The Morgan fingerprint density at radius 3 is 2.90 bits per heavy atom. The zero-order chi connectivity index (χ0) is 15.0. The van der Waals surface area contributed by atoms with Gasteiger partial charge in [-0.2, -0.15) is 5.10 Å². The summed E-state index contributed by atoms with van der Waals surface area (Å²) < 4.78 is 2.99. The van der Waals surface area contributed by atoms with Gasteiger partial charge in [0.2, 0.25) is 0 Å². The van der Waals surface area contributed by atoms with Crippen LogP contribution in [-0.4, -0.2) is 25.8 Å². The smallest absolute Gasteiger partial charge is 0.185 e. The number of thiazole rings is 1. The normalized spacial score (nSPS) is 12.8. The highest BCUT2D eigenvalue weighted by Gasteiger charge is 2.14. The fraction of sp³-hybridized carbons (Fsp3) is 0.400. The van der Waals surface area contributed by atoms with Gasteiger partial charge in [0.1, 0.15) is 0 Å². The van der Waals surface area contributed by atoms with Gasteiger partial charge in [-0.05, 0) is 32.4 Å². The van der Waals surface area contributed by atoms with E-state index in [0.717, 1.165) is 33.3 Å². The summed E-state index contributed by atoms with van der Waals surface area (Å²) in [6.07, 6.45) is 2.74. The average molecular weight is 301 g/mol. The molecule has 0 aliphatic rings. The number of hydrogen-bond donors (Lipinski definition) is 1. The van der Waals surface area contributed by atoms with Crippen LogP contribution in [0.15, 0.2) is 18.3 Å². The van der Waals surface area contributed by atoms with Gasteiger partial charge in [-0.1, -0.05) is 17.4 Å². The van der Waals surface area contributed by atoms with Crippen LogP contribution < -0.4 is 5.32 Å². The first-order chi connectivity index (χ1) is 10.0. The molecule has 21 heavy (non-hydrogen) atoms. The van der Waals surface area contributed by atoms with Crippen LogP contribution in [0.25, 0.3) is 10.3 Å². The highest BCUT2D eigenvalue weighted by atomic mass is 32.1. The van der Waals surface area contributed by atoms with Crippen molar-refractivity contribution in [2.24, 2.45) is 7.05 Å². The number of nitrogens with zero attached hydrogens (tertiary/aromatic N) is 4. The van der Waals surface area contributed by atoms with Crippen molar-refractivity contribution in [3.05, 3.63) is 35.3 Å². The average Bonchev–Trinajstić information content (AvgIpc) is 2.95. The van der Waals surface area contributed by atoms with Gasteiger partial charge in [0.05, 0.1) is 10.4 Å². The zero-order valence-corrected chi connectivity index (χ0v) is 13.5. The quantitative estimate of drug-likeness (QED) is 0.804. The van der Waals surface area contributed by atoms with Crippen molar-refractivity contribution in [2.75, 3.05) is 5.32 Å². The maximum Gasteiger partial charge on any atom is 0.185 e. The molecule has 0 aliphatic carbocycles. The Labute approximate surface area is 128 Å². The van der Waals surface area contributed by atoms with E-state index < -0.39 is 0 Å². The largest absolute Gasteiger partial charge is 0.359 e. The molecule has 110 valence electrons. The van der Waals surface area contributed by atoms with Gasteiger partial charge in [-0.15, -0.1) is 0 Å². The van der Waals surface area contributed by atoms with Crippen molar-refractivity contribution in [3.63, 3.8) is 0 Å². The molecule has 0 amide bonds. The molecule has 0 aliphatic heterocycles. The summed E-state index contributed by atoms with van der Waals surface area (Å²) >= 11 is 1.66. The maximum absolute atomic E-state index is 4.62. The minimum atomic E-state index is 0.285. The molecule has 3 aromatic heterocycles. The summed E-state index contributed by atoms with van der Waals surface area (Å²) in [5.74, 6) is 0. The molecule has 0 radical (unpaired) electrons. The molecule has 0 saturated carbocycles. The second-order valence-corrected chi connectivity index (χ2v) is 6.40. The first-order valence-electron chi connectivity index (χ1n) is 7.01. The van der Waals surface area contributed by atoms with E-state index in [1.807, 2.05) is 30.9 Å². The number of aryl methyl sites for hydroxylation is 3. The molecule has 3 rings (SSSR count). The molecule has 0 bridgehead atoms. The van der Waals surface area contributed by atoms with Crippen molar-refractivity contribution >= 4 is 26.8 Å². The van der Waals surface area contributed by atoms with Crippen molar-refractivity contribution in [3.8, 4) is 0 Å². The van der Waals surface area contributed by atoms with E-state index in [9.17, 15) is 0 Å². The predicted octanol–water partition coefficient (Wildman–Crippen LogP) is 3.08. The fourth-order valence-electron chi connectivity index (χ4n) is 2.43. The Morgan fingerprint density at radius 1 is 1.38 bits per heavy atom. The van der Waals surface area contributed by atoms with Crippen LogP contribution in [-0.2, 0) is 13.5 Å². The molecule has 3 heterocycles. The van der Waals surface area contributed by atoms with Crippen molar-refractivity contribution in [2.45, 2.75) is 33.2 Å². The van der Waals surface area contributed by atoms with Crippen LogP contribution in [0.1, 0.15) is 23.9 Å². The highest BCUT2D eigenvalue weighted by molar-refractivity contribution is 7.22. The third kappa shape index (κ3) is 2.76. The standard InChI is InChI=1S/C15H19N5S/c1-9-6-5-7-16-12(9)8-10(2)17-15-18-14-13(21-15)11(3)19-20(14)4/h5-7,10H,8H2,1-4H3,(H,17,18). The molecule has 0 aromatic carbocycles. The summed E-state index contributed by atoms with van der Waals surface area (Å²) in [5.41, 5.74) is 4.35. The summed E-state index contributed by atoms with van der Waals surface area (Å²) in [5, 5.41) is 8.80. The molecule has 3 aromatic rings. The Bertz CT molecular complexity index is 739. The van der Waals surface area contributed by atoms with E-state index in [1.165, 1.54) is 5.56 Å². The summed E-state index contributed by atoms with van der Waals surface area (Å²) in [6.45, 7) is 6.28. The Morgan fingerprint density at radius 2 is 2.19 bits per heavy atom. The summed E-state index contributed by atoms with van der Waals surface area (Å²) in [4.78, 5) is 9.07. The number of fused-ring (bicyclic) bond motifs is 1. The fourth-order valence-corrected chi connectivity index (χ4v) is 3.47. The Kier molecular flexibility index (Phi) is 3.63. The third-order valence-electron chi connectivity index (χ3n) is 3.53. The first kappa shape index (κ1) is 14.0. The van der Waals surface area contributed by atoms with E-state index in [0.29, 0.717) is 0 Å². The molecular weight excluding hydrogens is 282 g/mol. The van der Waals surface area contributed by atoms with Crippen molar-refractivity contribution < 1.29 is 0 Å². The van der Waals surface area contributed by atoms with E-state index in [4.69, 9.17) is 0 Å². The van der Waals surface area contributed by atoms with Crippen LogP contribution in [0.2, 0.25) is 0 Å². The van der Waals surface area contributed by atoms with Gasteiger partial charge >= 0.3 is 0 Å². The molecule has 0 spiro atoms. The van der Waals surface area contributed by atoms with E-state index in [2.05, 4.69) is 40.3 Å². The van der Waals surface area contributed by atoms with E-state index in [-0.39, 0.29) is 6.04 Å². The summed E-state index contributed by atoms with van der Waals surface area (Å²) in [6, 6.07) is 4.36. The highest BCUT2D eigenvalue weighted by Crippen LogP contribution is 2.28. The number of nitrogens with one attached hydrogen (secondary N) is 1. The monoisotopic (exact) mass is 301 g/mol. The lowest BCUT2D eigenvalue weighted by molar-refractivity contribution is 0.758. The molecule has 1 atom stereocenters. The van der Waals surface area contributed by atoms with Crippen molar-refractivity contribution in [1.82, 2.24) is 19.7 Å². The van der Waals surface area contributed by atoms with Gasteiger partial charge in [0.25, 0.3) is 0 Å². The Hall–Kier alpha value is -1.95. The number of hydrogen-bond acceptors (Lipinski definition) is 5. The van der Waals surface area contributed by atoms with Crippen molar-refractivity contribution in [1.29, 1.82) is 0 Å². The lowest BCUT2D eigenvalue weighted by Gasteiger charge is -2.13. The van der Waals surface area contributed by atoms with Gasteiger partial charge in [-0.25, -0.2) is 9.67 Å². The van der Waals surface area contributed by atoms with Crippen LogP contribution in [0, 0.1) is 13.8 Å². The number of pyridine rings is 1. The molecular formula is C15H19N5S. The van der Waals surface area contributed by atoms with Gasteiger partial charge < -0.3 is 5.32 Å². The van der Waals surface area contributed by atoms with Crippen LogP contribution >= 0.6 is 11.3 Å².